The summed E-state index contributed by atoms with van der Waals surface area (Å²) < 4.78 is 17.2. The number of nitrogens with one attached hydrogen (secondary N) is 1. The molecule has 2 aromatic carbocycles. The Bertz CT molecular complexity index is 1330. The van der Waals surface area contributed by atoms with Crippen molar-refractivity contribution in [1.82, 2.24) is 19.9 Å². The van der Waals surface area contributed by atoms with E-state index in [1.54, 1.807) is 41.7 Å². The lowest BCUT2D eigenvalue weighted by Crippen LogP contribution is -2.46. The third-order valence-electron chi connectivity index (χ3n) is 5.41. The van der Waals surface area contributed by atoms with Crippen molar-refractivity contribution < 1.29 is 19.0 Å². The lowest BCUT2D eigenvalue weighted by atomic mass is 10.2. The number of morpholine rings is 1. The molecule has 1 fully saturated rings. The number of carbonyl (C=O) groups excluding carboxylic acids is 1. The van der Waals surface area contributed by atoms with Crippen molar-refractivity contribution in [3.05, 3.63) is 59.5 Å². The van der Waals surface area contributed by atoms with E-state index in [-0.39, 0.29) is 5.91 Å². The molecule has 9 nitrogen and oxygen atoms in total. The Balaban J connectivity index is 1.39. The minimum Gasteiger partial charge on any atom is -0.480 e. The molecule has 5 rings (SSSR count). The maximum atomic E-state index is 12.9. The fourth-order valence-electron chi connectivity index (χ4n) is 3.71. The number of benzene rings is 2. The van der Waals surface area contributed by atoms with Crippen LogP contribution in [0, 0.1) is 0 Å². The van der Waals surface area contributed by atoms with E-state index in [2.05, 4.69) is 20.3 Å². The Morgan fingerprint density at radius 2 is 2.06 bits per heavy atom. The number of hydrogen-bond acceptors (Lipinski definition) is 9. The van der Waals surface area contributed by atoms with Crippen LogP contribution in [0.25, 0.3) is 10.9 Å². The quantitative estimate of drug-likeness (QED) is 0.374. The molecule has 1 aliphatic heterocycles. The number of ether oxygens (including phenoxy) is 3. The smallest absolute Gasteiger partial charge is 0.263 e. The molecule has 1 amide bonds. The van der Waals surface area contributed by atoms with Gasteiger partial charge in [-0.3, -0.25) is 4.79 Å². The van der Waals surface area contributed by atoms with Crippen LogP contribution in [0.15, 0.2) is 54.4 Å². The molecule has 0 unspecified atom stereocenters. The maximum absolute atomic E-state index is 12.9. The molecule has 0 spiro atoms. The molecule has 0 aliphatic carbocycles. The highest BCUT2D eigenvalue weighted by Gasteiger charge is 2.25. The van der Waals surface area contributed by atoms with Crippen molar-refractivity contribution in [2.75, 3.05) is 31.6 Å². The molecule has 180 valence electrons. The van der Waals surface area contributed by atoms with Crippen LogP contribution in [-0.2, 0) is 9.53 Å². The summed E-state index contributed by atoms with van der Waals surface area (Å²) in [4.78, 5) is 27.4. The van der Waals surface area contributed by atoms with Gasteiger partial charge < -0.3 is 24.4 Å². The predicted octanol–water partition coefficient (Wildman–Crippen LogP) is 4.90. The topological polar surface area (TPSA) is 98.7 Å². The van der Waals surface area contributed by atoms with E-state index in [0.29, 0.717) is 70.3 Å². The van der Waals surface area contributed by atoms with E-state index in [1.807, 2.05) is 18.2 Å². The van der Waals surface area contributed by atoms with E-state index in [1.165, 1.54) is 17.7 Å². The number of anilines is 2. The maximum Gasteiger partial charge on any atom is 0.263 e. The van der Waals surface area contributed by atoms with Crippen molar-refractivity contribution in [1.29, 1.82) is 0 Å². The number of thiazole rings is 1. The van der Waals surface area contributed by atoms with Crippen LogP contribution in [0.4, 0.5) is 11.5 Å². The Hall–Kier alpha value is -3.47. The molecular weight excluding hydrogens is 490 g/mol. The summed E-state index contributed by atoms with van der Waals surface area (Å²) in [5.74, 6) is 1.48. The van der Waals surface area contributed by atoms with Gasteiger partial charge in [-0.1, -0.05) is 29.0 Å². The summed E-state index contributed by atoms with van der Waals surface area (Å²) in [5, 5.41) is 5.04. The number of rotatable bonds is 7. The molecule has 0 bridgehead atoms. The predicted molar refractivity (Wildman–Crippen MR) is 134 cm³/mol. The van der Waals surface area contributed by atoms with Crippen molar-refractivity contribution in [3.63, 3.8) is 0 Å². The van der Waals surface area contributed by atoms with Crippen LogP contribution in [-0.4, -0.2) is 58.2 Å². The van der Waals surface area contributed by atoms with Gasteiger partial charge in [-0.15, -0.1) is 0 Å². The summed E-state index contributed by atoms with van der Waals surface area (Å²) >= 11 is 7.83. The molecule has 1 N–H and O–H groups in total. The number of hydrogen-bond donors (Lipinski definition) is 1. The molecule has 11 heteroatoms. The molecule has 4 aromatic rings. The van der Waals surface area contributed by atoms with Gasteiger partial charge in [-0.2, -0.15) is 0 Å². The summed E-state index contributed by atoms with van der Waals surface area (Å²) in [7, 11) is 0. The second-order valence-electron chi connectivity index (χ2n) is 7.76. The van der Waals surface area contributed by atoms with Gasteiger partial charge in [0.15, 0.2) is 6.10 Å². The molecule has 0 radical (unpaired) electrons. The Morgan fingerprint density at radius 3 is 2.83 bits per heavy atom. The zero-order chi connectivity index (χ0) is 24.2. The highest BCUT2D eigenvalue weighted by molar-refractivity contribution is 7.11. The molecule has 1 aliphatic rings. The highest BCUT2D eigenvalue weighted by Crippen LogP contribution is 2.36. The van der Waals surface area contributed by atoms with Gasteiger partial charge in [-0.25, -0.2) is 15.0 Å². The SMILES string of the molecule is C[C@@H](Oc1cccc2ncnc(Nc3ccc(Oc4cncs4)c(Cl)c3)c12)C(=O)N1CCOCC1. The normalized spacial score (nSPS) is 14.5. The average molecular weight is 512 g/mol. The average Bonchev–Trinajstić information content (AvgIpc) is 3.39. The van der Waals surface area contributed by atoms with E-state index >= 15 is 0 Å². The largest absolute Gasteiger partial charge is 0.480 e. The Labute approximate surface area is 210 Å². The molecule has 1 atom stereocenters. The summed E-state index contributed by atoms with van der Waals surface area (Å²) in [6, 6.07) is 10.9. The van der Waals surface area contributed by atoms with E-state index in [4.69, 9.17) is 25.8 Å². The number of carbonyl (C=O) groups is 1. The third-order valence-corrected chi connectivity index (χ3v) is 6.36. The Kier molecular flexibility index (Phi) is 6.94. The lowest BCUT2D eigenvalue weighted by molar-refractivity contribution is -0.142. The minimum atomic E-state index is -0.677. The van der Waals surface area contributed by atoms with E-state index in [9.17, 15) is 4.79 Å². The highest BCUT2D eigenvalue weighted by atomic mass is 35.5. The van der Waals surface area contributed by atoms with Gasteiger partial charge in [0.1, 0.15) is 23.6 Å². The van der Waals surface area contributed by atoms with Crippen LogP contribution in [0.3, 0.4) is 0 Å². The lowest BCUT2D eigenvalue weighted by Gasteiger charge is -2.29. The van der Waals surface area contributed by atoms with Gasteiger partial charge in [0.05, 0.1) is 40.8 Å². The minimum absolute atomic E-state index is 0.0834. The zero-order valence-corrected chi connectivity index (χ0v) is 20.4. The molecule has 3 heterocycles. The fraction of sp³-hybridized carbons (Fsp3) is 0.250. The third kappa shape index (κ3) is 5.29. The second-order valence-corrected chi connectivity index (χ2v) is 9.02. The molecule has 35 heavy (non-hydrogen) atoms. The van der Waals surface area contributed by atoms with Gasteiger partial charge in [0.2, 0.25) is 5.06 Å². The van der Waals surface area contributed by atoms with Crippen molar-refractivity contribution in [3.8, 4) is 16.6 Å². The second kappa shape index (κ2) is 10.4. The van der Waals surface area contributed by atoms with Crippen LogP contribution >= 0.6 is 22.9 Å². The molecule has 0 saturated carbocycles. The van der Waals surface area contributed by atoms with Gasteiger partial charge in [-0.05, 0) is 37.3 Å². The number of halogens is 1. The van der Waals surface area contributed by atoms with Crippen LogP contribution in [0.5, 0.6) is 16.6 Å². The molecule has 2 aromatic heterocycles. The number of amides is 1. The number of nitrogens with zero attached hydrogens (tertiary/aromatic N) is 4. The van der Waals surface area contributed by atoms with Gasteiger partial charge >= 0.3 is 0 Å². The summed E-state index contributed by atoms with van der Waals surface area (Å²) in [6.45, 7) is 3.93. The first-order chi connectivity index (χ1) is 17.1. The van der Waals surface area contributed by atoms with Crippen molar-refractivity contribution in [2.45, 2.75) is 13.0 Å². The first kappa shape index (κ1) is 23.3. The van der Waals surface area contributed by atoms with Gasteiger partial charge in [0, 0.05) is 18.8 Å². The molecule has 1 saturated heterocycles. The number of aromatic nitrogens is 3. The van der Waals surface area contributed by atoms with Gasteiger partial charge in [0.25, 0.3) is 5.91 Å². The molecular formula is C24H22ClN5O4S. The van der Waals surface area contributed by atoms with Crippen molar-refractivity contribution in [2.24, 2.45) is 0 Å². The van der Waals surface area contributed by atoms with Crippen LogP contribution < -0.4 is 14.8 Å². The Morgan fingerprint density at radius 1 is 1.20 bits per heavy atom. The summed E-state index contributed by atoms with van der Waals surface area (Å²) in [5.41, 5.74) is 3.08. The standard InChI is InChI=1S/C24H22ClN5O4S/c1-15(24(31)30-7-9-32-10-8-30)33-20-4-2-3-18-22(20)23(28-13-27-18)29-16-5-6-19(17(25)11-16)34-21-12-26-14-35-21/h2-6,11-15H,7-10H2,1H3,(H,27,28,29)/t15-/m1/s1. The first-order valence-electron chi connectivity index (χ1n) is 11.0. The van der Waals surface area contributed by atoms with Crippen LogP contribution in [0.2, 0.25) is 5.02 Å². The van der Waals surface area contributed by atoms with Crippen molar-refractivity contribution >= 4 is 51.3 Å². The van der Waals surface area contributed by atoms with Crippen LogP contribution in [0.1, 0.15) is 6.92 Å². The fourth-order valence-corrected chi connectivity index (χ4v) is 4.42. The summed E-state index contributed by atoms with van der Waals surface area (Å²) in [6.07, 6.45) is 2.43. The first-order valence-corrected chi connectivity index (χ1v) is 12.2. The monoisotopic (exact) mass is 511 g/mol. The van der Waals surface area contributed by atoms with E-state index in [0.717, 1.165) is 0 Å². The number of fused-ring (bicyclic) bond motifs is 1. The zero-order valence-electron chi connectivity index (χ0n) is 18.8. The van der Waals surface area contributed by atoms with E-state index < -0.39 is 6.10 Å².